The van der Waals surface area contributed by atoms with Gasteiger partial charge in [-0.25, -0.2) is 14.8 Å². The van der Waals surface area contributed by atoms with Gasteiger partial charge in [-0.3, -0.25) is 0 Å². The fourth-order valence-electron chi connectivity index (χ4n) is 3.58. The topological polar surface area (TPSA) is 91.9 Å². The Labute approximate surface area is 157 Å². The van der Waals surface area contributed by atoms with E-state index in [4.69, 9.17) is 4.74 Å². The molecule has 0 saturated heterocycles. The maximum absolute atomic E-state index is 11.8. The highest BCUT2D eigenvalue weighted by atomic mass is 16.5. The predicted octanol–water partition coefficient (Wildman–Crippen LogP) is 3.52. The quantitative estimate of drug-likeness (QED) is 0.599. The molecule has 0 aliphatic carbocycles. The molecular weight excluding hydrogens is 342 g/mol. The summed E-state index contributed by atoms with van der Waals surface area (Å²) in [6.45, 7) is 5.35. The number of rotatable bonds is 5. The van der Waals surface area contributed by atoms with Crippen LogP contribution in [-0.2, 0) is 11.2 Å². The number of aromatic nitrogens is 3. The lowest BCUT2D eigenvalue weighted by atomic mass is 9.94. The van der Waals surface area contributed by atoms with E-state index in [1.807, 2.05) is 0 Å². The molecule has 0 fully saturated rings. The SMILES string of the molecule is COC(=O)c1cc2c(N[C@@H](c3ccc4c(c3)CCN4)C(C)C)ncnc2[nH]1. The number of hydrogen-bond acceptors (Lipinski definition) is 6. The molecule has 27 heavy (non-hydrogen) atoms. The first-order valence-electron chi connectivity index (χ1n) is 9.12. The number of ether oxygens (including phenoxy) is 1. The van der Waals surface area contributed by atoms with E-state index in [0.717, 1.165) is 18.4 Å². The number of carbonyl (C=O) groups excluding carboxylic acids is 1. The van der Waals surface area contributed by atoms with E-state index in [0.29, 0.717) is 23.1 Å². The van der Waals surface area contributed by atoms with E-state index in [1.165, 1.54) is 30.3 Å². The zero-order valence-electron chi connectivity index (χ0n) is 15.7. The summed E-state index contributed by atoms with van der Waals surface area (Å²) < 4.78 is 4.79. The highest BCUT2D eigenvalue weighted by Gasteiger charge is 2.21. The first-order chi connectivity index (χ1) is 13.1. The lowest BCUT2D eigenvalue weighted by molar-refractivity contribution is 0.0595. The smallest absolute Gasteiger partial charge is 0.354 e. The van der Waals surface area contributed by atoms with Crippen LogP contribution in [0.3, 0.4) is 0 Å². The number of benzene rings is 1. The van der Waals surface area contributed by atoms with Crippen molar-refractivity contribution in [3.63, 3.8) is 0 Å². The summed E-state index contributed by atoms with van der Waals surface area (Å²) >= 11 is 0. The number of fused-ring (bicyclic) bond motifs is 2. The van der Waals surface area contributed by atoms with Crippen LogP contribution in [0.5, 0.6) is 0 Å². The minimum atomic E-state index is -0.425. The van der Waals surface area contributed by atoms with Gasteiger partial charge in [0, 0.05) is 12.2 Å². The molecule has 7 heteroatoms. The average molecular weight is 365 g/mol. The monoisotopic (exact) mass is 365 g/mol. The van der Waals surface area contributed by atoms with Crippen LogP contribution >= 0.6 is 0 Å². The second-order valence-electron chi connectivity index (χ2n) is 7.12. The van der Waals surface area contributed by atoms with E-state index in [-0.39, 0.29) is 6.04 Å². The number of nitrogens with one attached hydrogen (secondary N) is 3. The van der Waals surface area contributed by atoms with Crippen molar-refractivity contribution in [3.8, 4) is 0 Å². The molecule has 0 bridgehead atoms. The van der Waals surface area contributed by atoms with Gasteiger partial charge in [-0.2, -0.15) is 0 Å². The second-order valence-corrected chi connectivity index (χ2v) is 7.12. The molecule has 0 radical (unpaired) electrons. The molecule has 3 heterocycles. The number of methoxy groups -OCH3 is 1. The number of carbonyl (C=O) groups is 1. The number of esters is 1. The van der Waals surface area contributed by atoms with Crippen LogP contribution < -0.4 is 10.6 Å². The Hall–Kier alpha value is -3.09. The van der Waals surface area contributed by atoms with Gasteiger partial charge in [-0.1, -0.05) is 26.0 Å². The maximum atomic E-state index is 11.8. The zero-order chi connectivity index (χ0) is 19.0. The van der Waals surface area contributed by atoms with Crippen LogP contribution in [0.25, 0.3) is 11.0 Å². The van der Waals surface area contributed by atoms with Gasteiger partial charge in [0.1, 0.15) is 23.5 Å². The Balaban J connectivity index is 1.70. The second kappa shape index (κ2) is 6.90. The maximum Gasteiger partial charge on any atom is 0.354 e. The summed E-state index contributed by atoms with van der Waals surface area (Å²) in [5.74, 6) is 0.621. The van der Waals surface area contributed by atoms with Crippen molar-refractivity contribution in [2.75, 3.05) is 24.3 Å². The average Bonchev–Trinajstić information content (AvgIpc) is 3.31. The molecular formula is C20H23N5O2. The first-order valence-corrected chi connectivity index (χ1v) is 9.12. The molecule has 3 aromatic rings. The minimum Gasteiger partial charge on any atom is -0.464 e. The number of anilines is 2. The molecule has 2 aromatic heterocycles. The van der Waals surface area contributed by atoms with Crippen molar-refractivity contribution in [3.05, 3.63) is 47.4 Å². The van der Waals surface area contributed by atoms with E-state index in [2.05, 4.69) is 57.6 Å². The molecule has 7 nitrogen and oxygen atoms in total. The summed E-state index contributed by atoms with van der Waals surface area (Å²) in [5.41, 5.74) is 4.76. The first kappa shape index (κ1) is 17.3. The lowest BCUT2D eigenvalue weighted by Crippen LogP contribution is -2.18. The van der Waals surface area contributed by atoms with Gasteiger partial charge >= 0.3 is 5.97 Å². The van der Waals surface area contributed by atoms with Gasteiger partial charge < -0.3 is 20.4 Å². The fraction of sp³-hybridized carbons (Fsp3) is 0.350. The molecule has 1 aliphatic heterocycles. The molecule has 0 saturated carbocycles. The van der Waals surface area contributed by atoms with E-state index in [9.17, 15) is 4.79 Å². The number of hydrogen-bond donors (Lipinski definition) is 3. The van der Waals surface area contributed by atoms with E-state index < -0.39 is 5.97 Å². The van der Waals surface area contributed by atoms with Crippen LogP contribution in [-0.4, -0.2) is 34.6 Å². The number of nitrogens with zero attached hydrogens (tertiary/aromatic N) is 2. The summed E-state index contributed by atoms with van der Waals surface area (Å²) in [5, 5.41) is 7.72. The molecule has 3 N–H and O–H groups in total. The molecule has 4 rings (SSSR count). The predicted molar refractivity (Wildman–Crippen MR) is 105 cm³/mol. The van der Waals surface area contributed by atoms with Gasteiger partial charge in [-0.05, 0) is 35.6 Å². The van der Waals surface area contributed by atoms with Crippen LogP contribution in [0.1, 0.15) is 41.5 Å². The van der Waals surface area contributed by atoms with Gasteiger partial charge in [0.05, 0.1) is 18.5 Å². The minimum absolute atomic E-state index is 0.0884. The third-order valence-corrected chi connectivity index (χ3v) is 4.99. The summed E-state index contributed by atoms with van der Waals surface area (Å²) in [4.78, 5) is 23.5. The third-order valence-electron chi connectivity index (χ3n) is 4.99. The molecule has 140 valence electrons. The van der Waals surface area contributed by atoms with Crippen molar-refractivity contribution < 1.29 is 9.53 Å². The molecule has 0 spiro atoms. The molecule has 1 aliphatic rings. The fourth-order valence-corrected chi connectivity index (χ4v) is 3.58. The van der Waals surface area contributed by atoms with E-state index >= 15 is 0 Å². The number of aromatic amines is 1. The highest BCUT2D eigenvalue weighted by Crippen LogP contribution is 2.32. The van der Waals surface area contributed by atoms with Crippen LogP contribution in [0.2, 0.25) is 0 Å². The van der Waals surface area contributed by atoms with Crippen LogP contribution in [0, 0.1) is 5.92 Å². The van der Waals surface area contributed by atoms with Crippen molar-refractivity contribution in [1.29, 1.82) is 0 Å². The molecule has 0 amide bonds. The van der Waals surface area contributed by atoms with Crippen LogP contribution in [0.15, 0.2) is 30.6 Å². The Morgan fingerprint density at radius 2 is 2.11 bits per heavy atom. The highest BCUT2D eigenvalue weighted by molar-refractivity contribution is 5.97. The van der Waals surface area contributed by atoms with Crippen molar-refractivity contribution in [2.24, 2.45) is 5.92 Å². The van der Waals surface area contributed by atoms with Gasteiger partial charge in [0.15, 0.2) is 0 Å². The van der Waals surface area contributed by atoms with Gasteiger partial charge in [0.2, 0.25) is 0 Å². The summed E-state index contributed by atoms with van der Waals surface area (Å²) in [6.07, 6.45) is 2.54. The molecule has 1 atom stereocenters. The zero-order valence-corrected chi connectivity index (χ0v) is 15.7. The van der Waals surface area contributed by atoms with Crippen LogP contribution in [0.4, 0.5) is 11.5 Å². The molecule has 0 unspecified atom stereocenters. The standard InChI is InChI=1S/C20H23N5O2/c1-11(2)17(13-4-5-15-12(8-13)6-7-21-15)25-19-14-9-16(20(26)27-3)24-18(14)22-10-23-19/h4-5,8-11,17,21H,6-7H2,1-3H3,(H2,22,23,24,25)/t17-/m1/s1. The number of H-pyrrole nitrogens is 1. The summed E-state index contributed by atoms with van der Waals surface area (Å²) in [7, 11) is 1.36. The Kier molecular flexibility index (Phi) is 4.43. The summed E-state index contributed by atoms with van der Waals surface area (Å²) in [6, 6.07) is 8.39. The molecule has 1 aromatic carbocycles. The van der Waals surface area contributed by atoms with Crippen molar-refractivity contribution >= 4 is 28.5 Å². The Bertz CT molecular complexity index is 995. The van der Waals surface area contributed by atoms with Crippen molar-refractivity contribution in [1.82, 2.24) is 15.0 Å². The Morgan fingerprint density at radius 3 is 2.89 bits per heavy atom. The van der Waals surface area contributed by atoms with Gasteiger partial charge in [-0.15, -0.1) is 0 Å². The normalized spacial score (nSPS) is 14.1. The van der Waals surface area contributed by atoms with Gasteiger partial charge in [0.25, 0.3) is 0 Å². The van der Waals surface area contributed by atoms with Crippen molar-refractivity contribution in [2.45, 2.75) is 26.3 Å². The van der Waals surface area contributed by atoms with E-state index in [1.54, 1.807) is 6.07 Å². The third kappa shape index (κ3) is 3.20. The largest absolute Gasteiger partial charge is 0.464 e. The Morgan fingerprint density at radius 1 is 1.26 bits per heavy atom. The lowest BCUT2D eigenvalue weighted by Gasteiger charge is -2.24.